The zero-order valence-electron chi connectivity index (χ0n) is 17.0. The maximum Gasteiger partial charge on any atom is 0.300 e. The number of amides is 1. The molecule has 0 saturated heterocycles. The van der Waals surface area contributed by atoms with Gasteiger partial charge >= 0.3 is 5.91 Å². The second-order valence-electron chi connectivity index (χ2n) is 8.15. The lowest BCUT2D eigenvalue weighted by Crippen LogP contribution is -2.30. The molecule has 0 unspecified atom stereocenters. The number of hydrogen-bond acceptors (Lipinski definition) is 5. The van der Waals surface area contributed by atoms with Crippen LogP contribution in [-0.2, 0) is 10.0 Å². The van der Waals surface area contributed by atoms with Gasteiger partial charge in [0.2, 0.25) is 0 Å². The van der Waals surface area contributed by atoms with Crippen LogP contribution in [0, 0.1) is 5.82 Å². The number of ether oxygens (including phenoxy) is 1. The van der Waals surface area contributed by atoms with Gasteiger partial charge in [0.05, 0.1) is 12.0 Å². The predicted octanol–water partition coefficient (Wildman–Crippen LogP) is 4.84. The molecule has 0 atom stereocenters. The Morgan fingerprint density at radius 3 is 2.48 bits per heavy atom. The van der Waals surface area contributed by atoms with E-state index < -0.39 is 21.7 Å². The van der Waals surface area contributed by atoms with Crippen molar-refractivity contribution < 1.29 is 26.8 Å². The standard InChI is InChI=1S/C23H22FNO5S/c1-2-29-19-8-7-15(13-3-4-13)11-22(19)31(27,28)25-23(26)21-12-17-18(24)9-16(14-5-6-14)10-20(17)30-21/h7-14H,2-6H2,1H3,(H,25,26). The van der Waals surface area contributed by atoms with Crippen LogP contribution >= 0.6 is 0 Å². The van der Waals surface area contributed by atoms with Crippen molar-refractivity contribution in [2.75, 3.05) is 6.61 Å². The van der Waals surface area contributed by atoms with E-state index in [9.17, 15) is 17.6 Å². The Hall–Kier alpha value is -2.87. The molecule has 3 aromatic rings. The molecule has 2 saturated carbocycles. The first-order valence-corrected chi connectivity index (χ1v) is 11.9. The zero-order chi connectivity index (χ0) is 21.8. The highest BCUT2D eigenvalue weighted by Crippen LogP contribution is 2.43. The van der Waals surface area contributed by atoms with Crippen LogP contribution in [0.5, 0.6) is 5.75 Å². The number of sulfonamides is 1. The SMILES string of the molecule is CCOc1ccc(C2CC2)cc1S(=O)(=O)NC(=O)c1cc2c(F)cc(C3CC3)cc2o1. The molecule has 2 fully saturated rings. The summed E-state index contributed by atoms with van der Waals surface area (Å²) in [5, 5.41) is 0.151. The van der Waals surface area contributed by atoms with E-state index in [0.29, 0.717) is 11.8 Å². The molecule has 0 radical (unpaired) electrons. The molecule has 1 amide bonds. The van der Waals surface area contributed by atoms with Gasteiger partial charge < -0.3 is 9.15 Å². The summed E-state index contributed by atoms with van der Waals surface area (Å²) in [6, 6.07) is 9.42. The fourth-order valence-corrected chi connectivity index (χ4v) is 4.93. The van der Waals surface area contributed by atoms with E-state index in [2.05, 4.69) is 0 Å². The van der Waals surface area contributed by atoms with E-state index >= 15 is 0 Å². The fourth-order valence-electron chi connectivity index (χ4n) is 3.79. The lowest BCUT2D eigenvalue weighted by atomic mass is 10.1. The number of rotatable bonds is 7. The maximum atomic E-state index is 14.5. The predicted molar refractivity (Wildman–Crippen MR) is 112 cm³/mol. The van der Waals surface area contributed by atoms with Gasteiger partial charge in [-0.1, -0.05) is 6.07 Å². The molecular weight excluding hydrogens is 421 g/mol. The lowest BCUT2D eigenvalue weighted by molar-refractivity contribution is 0.0956. The average Bonchev–Trinajstić information content (AvgIpc) is 3.64. The fraction of sp³-hybridized carbons (Fsp3) is 0.348. The number of benzene rings is 2. The Kier molecular flexibility index (Phi) is 4.77. The first kappa shape index (κ1) is 20.1. The molecule has 1 heterocycles. The Morgan fingerprint density at radius 1 is 1.10 bits per heavy atom. The molecule has 1 aromatic heterocycles. The van der Waals surface area contributed by atoms with Crippen molar-refractivity contribution in [1.82, 2.24) is 4.72 Å². The van der Waals surface area contributed by atoms with Crippen molar-refractivity contribution in [3.63, 3.8) is 0 Å². The molecule has 31 heavy (non-hydrogen) atoms. The van der Waals surface area contributed by atoms with E-state index in [0.717, 1.165) is 36.8 Å². The summed E-state index contributed by atoms with van der Waals surface area (Å²) in [7, 11) is -4.23. The Balaban J connectivity index is 1.45. The summed E-state index contributed by atoms with van der Waals surface area (Å²) in [6.45, 7) is 2.04. The van der Waals surface area contributed by atoms with Crippen molar-refractivity contribution in [2.45, 2.75) is 49.3 Å². The number of fused-ring (bicyclic) bond motifs is 1. The molecule has 2 aliphatic carbocycles. The van der Waals surface area contributed by atoms with Crippen LogP contribution in [0.15, 0.2) is 45.7 Å². The van der Waals surface area contributed by atoms with E-state index in [4.69, 9.17) is 9.15 Å². The first-order chi connectivity index (χ1) is 14.9. The van der Waals surface area contributed by atoms with E-state index in [1.165, 1.54) is 12.1 Å². The highest BCUT2D eigenvalue weighted by molar-refractivity contribution is 7.90. The molecule has 0 aliphatic heterocycles. The number of nitrogens with one attached hydrogen (secondary N) is 1. The van der Waals surface area contributed by atoms with E-state index in [1.807, 2.05) is 10.8 Å². The molecule has 162 valence electrons. The van der Waals surface area contributed by atoms with E-state index in [-0.39, 0.29) is 34.0 Å². The molecule has 8 heteroatoms. The van der Waals surface area contributed by atoms with Crippen molar-refractivity contribution in [1.29, 1.82) is 0 Å². The molecule has 5 rings (SSSR count). The highest BCUT2D eigenvalue weighted by Gasteiger charge is 2.30. The van der Waals surface area contributed by atoms with Crippen molar-refractivity contribution >= 4 is 26.9 Å². The second kappa shape index (κ2) is 7.37. The third kappa shape index (κ3) is 3.92. The monoisotopic (exact) mass is 443 g/mol. The number of carbonyl (C=O) groups excluding carboxylic acids is 1. The Morgan fingerprint density at radius 2 is 1.81 bits per heavy atom. The van der Waals surface area contributed by atoms with Crippen molar-refractivity contribution in [3.05, 3.63) is 59.1 Å². The molecule has 6 nitrogen and oxygen atoms in total. The largest absolute Gasteiger partial charge is 0.492 e. The molecule has 0 spiro atoms. The summed E-state index contributed by atoms with van der Waals surface area (Å²) in [4.78, 5) is 12.6. The highest BCUT2D eigenvalue weighted by atomic mass is 32.2. The van der Waals surface area contributed by atoms with Gasteiger partial charge in [-0.15, -0.1) is 0 Å². The van der Waals surface area contributed by atoms with Crippen LogP contribution in [0.3, 0.4) is 0 Å². The van der Waals surface area contributed by atoms with Crippen LogP contribution in [-0.4, -0.2) is 20.9 Å². The maximum absolute atomic E-state index is 14.5. The minimum atomic E-state index is -4.23. The average molecular weight is 443 g/mol. The van der Waals surface area contributed by atoms with Gasteiger partial charge in [0.15, 0.2) is 5.76 Å². The molecule has 2 aromatic carbocycles. The van der Waals surface area contributed by atoms with Gasteiger partial charge in [-0.2, -0.15) is 0 Å². The van der Waals surface area contributed by atoms with Crippen molar-refractivity contribution in [3.8, 4) is 5.75 Å². The summed E-state index contributed by atoms with van der Waals surface area (Å²) in [5.74, 6) is -0.876. The smallest absolute Gasteiger partial charge is 0.300 e. The van der Waals surface area contributed by atoms with Crippen LogP contribution < -0.4 is 9.46 Å². The lowest BCUT2D eigenvalue weighted by Gasteiger charge is -2.13. The topological polar surface area (TPSA) is 85.6 Å². The summed E-state index contributed by atoms with van der Waals surface area (Å²) >= 11 is 0. The van der Waals surface area contributed by atoms with Crippen LogP contribution in [0.4, 0.5) is 4.39 Å². The van der Waals surface area contributed by atoms with Gasteiger partial charge in [0.25, 0.3) is 10.0 Å². The normalized spacial score (nSPS) is 16.5. The number of furan rings is 1. The Bertz CT molecular complexity index is 1290. The molecule has 2 aliphatic rings. The number of halogens is 1. The Labute approximate surface area is 179 Å². The van der Waals surface area contributed by atoms with Crippen LogP contribution in [0.2, 0.25) is 0 Å². The molecule has 1 N–H and O–H groups in total. The summed E-state index contributed by atoms with van der Waals surface area (Å²) < 4.78 is 53.5. The minimum Gasteiger partial charge on any atom is -0.492 e. The zero-order valence-corrected chi connectivity index (χ0v) is 17.8. The van der Waals surface area contributed by atoms with Gasteiger partial charge in [-0.25, -0.2) is 17.5 Å². The number of carbonyl (C=O) groups is 1. The third-order valence-corrected chi connectivity index (χ3v) is 7.07. The van der Waals surface area contributed by atoms with Gasteiger partial charge in [-0.05, 0) is 79.8 Å². The van der Waals surface area contributed by atoms with Gasteiger partial charge in [-0.3, -0.25) is 4.79 Å². The molecular formula is C23H22FNO5S. The molecule has 0 bridgehead atoms. The number of hydrogen-bond donors (Lipinski definition) is 1. The van der Waals surface area contributed by atoms with Crippen LogP contribution in [0.1, 0.15) is 66.1 Å². The van der Waals surface area contributed by atoms with Gasteiger partial charge in [0.1, 0.15) is 22.0 Å². The second-order valence-corrected chi connectivity index (χ2v) is 9.80. The van der Waals surface area contributed by atoms with E-state index in [1.54, 1.807) is 25.1 Å². The summed E-state index contributed by atoms with van der Waals surface area (Å²) in [6.07, 6.45) is 4.01. The first-order valence-electron chi connectivity index (χ1n) is 10.4. The minimum absolute atomic E-state index is 0.0922. The third-order valence-electron chi connectivity index (χ3n) is 5.71. The van der Waals surface area contributed by atoms with Gasteiger partial charge in [0, 0.05) is 6.07 Å². The van der Waals surface area contributed by atoms with Crippen LogP contribution in [0.25, 0.3) is 11.0 Å². The van der Waals surface area contributed by atoms with Crippen molar-refractivity contribution in [2.24, 2.45) is 0 Å². The summed E-state index contributed by atoms with van der Waals surface area (Å²) in [5.41, 5.74) is 1.96. The quantitative estimate of drug-likeness (QED) is 0.565.